The first-order valence-electron chi connectivity index (χ1n) is 9.48. The van der Waals surface area contributed by atoms with Gasteiger partial charge >= 0.3 is 0 Å². The lowest BCUT2D eigenvalue weighted by Crippen LogP contribution is -2.48. The van der Waals surface area contributed by atoms with Crippen LogP contribution in [0.2, 0.25) is 0 Å². The Bertz CT molecular complexity index is 961. The highest BCUT2D eigenvalue weighted by molar-refractivity contribution is 7.07. The molecule has 0 spiro atoms. The van der Waals surface area contributed by atoms with Gasteiger partial charge in [0.25, 0.3) is 5.91 Å². The van der Waals surface area contributed by atoms with Gasteiger partial charge in [0.1, 0.15) is 0 Å². The molecule has 140 valence electrons. The summed E-state index contributed by atoms with van der Waals surface area (Å²) in [6, 6.07) is 19.7. The Morgan fingerprint density at radius 2 is 1.54 bits per heavy atom. The van der Waals surface area contributed by atoms with Crippen LogP contribution in [0.25, 0.3) is 0 Å². The van der Waals surface area contributed by atoms with E-state index in [0.29, 0.717) is 0 Å². The molecule has 0 unspecified atom stereocenters. The maximum absolute atomic E-state index is 12.8. The van der Waals surface area contributed by atoms with Gasteiger partial charge in [-0.1, -0.05) is 30.0 Å². The van der Waals surface area contributed by atoms with Gasteiger partial charge in [0.05, 0.1) is 0 Å². The standard InChI is InChI=1S/C24H22N2OS/c27-24(26-15-13-25(14-16-26)18-22-12-17-28-19-22)23-10-8-21(9-11-23)7-6-20-4-2-1-3-5-20/h1-5,8-12,17,19H,13-16,18H2. The lowest BCUT2D eigenvalue weighted by Gasteiger charge is -2.34. The lowest BCUT2D eigenvalue weighted by atomic mass is 10.1. The monoisotopic (exact) mass is 386 g/mol. The molecular weight excluding hydrogens is 364 g/mol. The molecule has 0 atom stereocenters. The molecule has 0 bridgehead atoms. The van der Waals surface area contributed by atoms with Crippen molar-refractivity contribution in [3.8, 4) is 11.8 Å². The van der Waals surface area contributed by atoms with Crippen LogP contribution in [0.5, 0.6) is 0 Å². The number of rotatable bonds is 3. The van der Waals surface area contributed by atoms with Gasteiger partial charge in [-0.25, -0.2) is 0 Å². The summed E-state index contributed by atoms with van der Waals surface area (Å²) in [7, 11) is 0. The Labute approximate surface area is 170 Å². The first-order chi connectivity index (χ1) is 13.8. The van der Waals surface area contributed by atoms with Gasteiger partial charge in [0.2, 0.25) is 0 Å². The van der Waals surface area contributed by atoms with Gasteiger partial charge in [-0.3, -0.25) is 9.69 Å². The van der Waals surface area contributed by atoms with Crippen LogP contribution in [0.4, 0.5) is 0 Å². The topological polar surface area (TPSA) is 23.6 Å². The molecule has 0 N–H and O–H groups in total. The summed E-state index contributed by atoms with van der Waals surface area (Å²) in [6.45, 7) is 4.36. The van der Waals surface area contributed by atoms with Crippen molar-refractivity contribution in [3.05, 3.63) is 93.7 Å². The van der Waals surface area contributed by atoms with Crippen molar-refractivity contribution in [2.24, 2.45) is 0 Å². The maximum Gasteiger partial charge on any atom is 0.253 e. The number of nitrogens with zero attached hydrogens (tertiary/aromatic N) is 2. The van der Waals surface area contributed by atoms with Gasteiger partial charge in [0, 0.05) is 49.4 Å². The number of piperazine rings is 1. The van der Waals surface area contributed by atoms with E-state index in [1.54, 1.807) is 11.3 Å². The number of carbonyl (C=O) groups excluding carboxylic acids is 1. The zero-order chi connectivity index (χ0) is 19.2. The van der Waals surface area contributed by atoms with E-state index < -0.39 is 0 Å². The van der Waals surface area contributed by atoms with Gasteiger partial charge in [0.15, 0.2) is 0 Å². The van der Waals surface area contributed by atoms with Crippen LogP contribution in [0.15, 0.2) is 71.4 Å². The molecule has 1 fully saturated rings. The van der Waals surface area contributed by atoms with E-state index in [1.165, 1.54) is 5.56 Å². The van der Waals surface area contributed by atoms with Crippen molar-refractivity contribution < 1.29 is 4.79 Å². The third kappa shape index (κ3) is 4.69. The third-order valence-electron chi connectivity index (χ3n) is 4.90. The molecule has 0 radical (unpaired) electrons. The predicted molar refractivity (Wildman–Crippen MR) is 114 cm³/mol. The molecule has 28 heavy (non-hydrogen) atoms. The molecule has 1 aliphatic rings. The summed E-state index contributed by atoms with van der Waals surface area (Å²) in [5, 5.41) is 4.31. The quantitative estimate of drug-likeness (QED) is 0.633. The third-order valence-corrected chi connectivity index (χ3v) is 5.63. The fourth-order valence-corrected chi connectivity index (χ4v) is 3.95. The van der Waals surface area contributed by atoms with Crippen LogP contribution < -0.4 is 0 Å². The summed E-state index contributed by atoms with van der Waals surface area (Å²) < 4.78 is 0. The van der Waals surface area contributed by atoms with Crippen LogP contribution in [0, 0.1) is 11.8 Å². The molecule has 4 heteroatoms. The number of hydrogen-bond donors (Lipinski definition) is 0. The summed E-state index contributed by atoms with van der Waals surface area (Å²) in [4.78, 5) is 17.2. The largest absolute Gasteiger partial charge is 0.336 e. The SMILES string of the molecule is O=C(c1ccc(C#Cc2ccccc2)cc1)N1CCN(Cc2ccsc2)CC1. The Balaban J connectivity index is 1.33. The minimum Gasteiger partial charge on any atom is -0.336 e. The molecule has 2 heterocycles. The van der Waals surface area contributed by atoms with E-state index >= 15 is 0 Å². The molecular formula is C24H22N2OS. The minimum absolute atomic E-state index is 0.109. The fraction of sp³-hybridized carbons (Fsp3) is 0.208. The molecule has 3 nitrogen and oxygen atoms in total. The highest BCUT2D eigenvalue weighted by atomic mass is 32.1. The van der Waals surface area contributed by atoms with Crippen LogP contribution in [-0.2, 0) is 6.54 Å². The van der Waals surface area contributed by atoms with Crippen LogP contribution >= 0.6 is 11.3 Å². The van der Waals surface area contributed by atoms with E-state index in [4.69, 9.17) is 0 Å². The summed E-state index contributed by atoms with van der Waals surface area (Å²) in [5.74, 6) is 6.41. The molecule has 2 aromatic carbocycles. The fourth-order valence-electron chi connectivity index (χ4n) is 3.29. The molecule has 1 amide bonds. The predicted octanol–water partition coefficient (Wildman–Crippen LogP) is 4.11. The van der Waals surface area contributed by atoms with E-state index in [9.17, 15) is 4.79 Å². The van der Waals surface area contributed by atoms with Gasteiger partial charge in [-0.05, 0) is 58.8 Å². The Hall–Kier alpha value is -2.87. The Morgan fingerprint density at radius 3 is 2.18 bits per heavy atom. The smallest absolute Gasteiger partial charge is 0.253 e. The van der Waals surface area contributed by atoms with Crippen molar-refractivity contribution in [2.45, 2.75) is 6.54 Å². The molecule has 1 saturated heterocycles. The number of benzene rings is 2. The van der Waals surface area contributed by atoms with E-state index in [-0.39, 0.29) is 5.91 Å². The minimum atomic E-state index is 0.109. The number of carbonyl (C=O) groups is 1. The normalized spacial score (nSPS) is 14.4. The molecule has 1 aliphatic heterocycles. The van der Waals surface area contributed by atoms with E-state index in [1.807, 2.05) is 59.5 Å². The van der Waals surface area contributed by atoms with Crippen molar-refractivity contribution >= 4 is 17.2 Å². The zero-order valence-electron chi connectivity index (χ0n) is 15.7. The molecule has 0 aliphatic carbocycles. The second-order valence-corrected chi connectivity index (χ2v) is 7.67. The van der Waals surface area contributed by atoms with Crippen molar-refractivity contribution in [1.82, 2.24) is 9.80 Å². The average Bonchev–Trinajstić information content (AvgIpc) is 3.26. The van der Waals surface area contributed by atoms with Gasteiger partial charge in [-0.2, -0.15) is 11.3 Å². The highest BCUT2D eigenvalue weighted by Gasteiger charge is 2.22. The van der Waals surface area contributed by atoms with Crippen molar-refractivity contribution in [3.63, 3.8) is 0 Å². The van der Waals surface area contributed by atoms with Crippen LogP contribution in [0.1, 0.15) is 27.0 Å². The van der Waals surface area contributed by atoms with Crippen molar-refractivity contribution in [1.29, 1.82) is 0 Å². The molecule has 3 aromatic rings. The lowest BCUT2D eigenvalue weighted by molar-refractivity contribution is 0.0628. The number of amides is 1. The highest BCUT2D eigenvalue weighted by Crippen LogP contribution is 2.14. The Morgan fingerprint density at radius 1 is 0.857 bits per heavy atom. The summed E-state index contributed by atoms with van der Waals surface area (Å²) in [5.41, 5.74) is 4.00. The van der Waals surface area contributed by atoms with Crippen LogP contribution in [-0.4, -0.2) is 41.9 Å². The first kappa shape index (κ1) is 18.5. The van der Waals surface area contributed by atoms with E-state index in [2.05, 4.69) is 33.6 Å². The average molecular weight is 387 g/mol. The van der Waals surface area contributed by atoms with Crippen molar-refractivity contribution in [2.75, 3.05) is 26.2 Å². The zero-order valence-corrected chi connectivity index (χ0v) is 16.5. The number of hydrogen-bond acceptors (Lipinski definition) is 3. The second kappa shape index (κ2) is 8.88. The molecule has 0 saturated carbocycles. The molecule has 4 rings (SSSR count). The second-order valence-electron chi connectivity index (χ2n) is 6.89. The molecule has 1 aromatic heterocycles. The first-order valence-corrected chi connectivity index (χ1v) is 10.4. The van der Waals surface area contributed by atoms with E-state index in [0.717, 1.165) is 49.4 Å². The summed E-state index contributed by atoms with van der Waals surface area (Å²) in [6.07, 6.45) is 0. The van der Waals surface area contributed by atoms with Crippen LogP contribution in [0.3, 0.4) is 0 Å². The van der Waals surface area contributed by atoms with Gasteiger partial charge in [-0.15, -0.1) is 0 Å². The van der Waals surface area contributed by atoms with Gasteiger partial charge < -0.3 is 4.90 Å². The number of thiophene rings is 1. The Kier molecular flexibility index (Phi) is 5.86. The summed E-state index contributed by atoms with van der Waals surface area (Å²) >= 11 is 1.73. The maximum atomic E-state index is 12.8.